The van der Waals surface area contributed by atoms with E-state index in [0.29, 0.717) is 42.2 Å². The third-order valence-corrected chi connectivity index (χ3v) is 6.48. The van der Waals surface area contributed by atoms with Crippen molar-refractivity contribution in [2.75, 3.05) is 31.3 Å². The highest BCUT2D eigenvalue weighted by Gasteiger charge is 2.31. The summed E-state index contributed by atoms with van der Waals surface area (Å²) in [5.41, 5.74) is 1.72. The summed E-state index contributed by atoms with van der Waals surface area (Å²) in [6.45, 7) is 4.82. The number of thioether (sulfide) groups is 1. The number of esters is 1. The molecule has 1 aliphatic rings. The largest absolute Gasteiger partial charge is 0.462 e. The van der Waals surface area contributed by atoms with E-state index in [1.54, 1.807) is 42.6 Å². The van der Waals surface area contributed by atoms with E-state index >= 15 is 0 Å². The Labute approximate surface area is 183 Å². The predicted molar refractivity (Wildman–Crippen MR) is 118 cm³/mol. The number of anilines is 1. The summed E-state index contributed by atoms with van der Waals surface area (Å²) in [4.78, 5) is 41.0. The second-order valence-corrected chi connectivity index (χ2v) is 8.47. The normalized spacial score (nSPS) is 12.8. The first-order chi connectivity index (χ1) is 14.5. The molecule has 3 rings (SSSR count). The summed E-state index contributed by atoms with van der Waals surface area (Å²) < 4.78 is 10.3. The number of carbonyl (C=O) groups excluding carboxylic acids is 3. The molecule has 2 aromatic rings. The quantitative estimate of drug-likeness (QED) is 0.520. The Balaban J connectivity index is 1.91. The standard InChI is InChI=1S/C21H24N2O5S2/c1-4-27-20(25)17-15-9-10-23(21(26)28-5-2)12-16(15)30-19(17)22-18(24)13-7-6-8-14(11-13)29-3/h6-8,11H,4-5,9-10,12H2,1-3H3,(H,22,24). The average Bonchev–Trinajstić information content (AvgIpc) is 3.11. The zero-order valence-electron chi connectivity index (χ0n) is 17.1. The maximum atomic E-state index is 12.8. The molecule has 0 fully saturated rings. The summed E-state index contributed by atoms with van der Waals surface area (Å²) in [6.07, 6.45) is 2.06. The van der Waals surface area contributed by atoms with Crippen LogP contribution in [-0.2, 0) is 22.4 Å². The highest BCUT2D eigenvalue weighted by molar-refractivity contribution is 7.98. The van der Waals surface area contributed by atoms with Crippen molar-refractivity contribution in [2.45, 2.75) is 31.7 Å². The van der Waals surface area contributed by atoms with Gasteiger partial charge < -0.3 is 19.7 Å². The minimum atomic E-state index is -0.465. The van der Waals surface area contributed by atoms with Crippen LogP contribution in [0.2, 0.25) is 0 Å². The van der Waals surface area contributed by atoms with Crippen LogP contribution in [-0.4, -0.2) is 48.9 Å². The van der Waals surface area contributed by atoms with Gasteiger partial charge in [0.05, 0.1) is 25.3 Å². The van der Waals surface area contributed by atoms with Crippen LogP contribution in [0.4, 0.5) is 9.80 Å². The van der Waals surface area contributed by atoms with Gasteiger partial charge in [-0.05, 0) is 50.3 Å². The minimum absolute atomic E-state index is 0.238. The first-order valence-electron chi connectivity index (χ1n) is 9.67. The number of nitrogens with zero attached hydrogens (tertiary/aromatic N) is 1. The Hall–Kier alpha value is -2.52. The molecule has 0 unspecified atom stereocenters. The lowest BCUT2D eigenvalue weighted by Gasteiger charge is -2.26. The SMILES string of the molecule is CCOC(=O)c1c(NC(=O)c2cccc(SC)c2)sc2c1CCN(C(=O)OCC)C2. The maximum absolute atomic E-state index is 12.8. The van der Waals surface area contributed by atoms with Gasteiger partial charge in [-0.3, -0.25) is 4.79 Å². The summed E-state index contributed by atoms with van der Waals surface area (Å²) in [7, 11) is 0. The number of carbonyl (C=O) groups is 3. The number of hydrogen-bond acceptors (Lipinski definition) is 7. The van der Waals surface area contributed by atoms with Crippen molar-refractivity contribution in [2.24, 2.45) is 0 Å². The molecule has 1 aromatic carbocycles. The van der Waals surface area contributed by atoms with Crippen LogP contribution >= 0.6 is 23.1 Å². The van der Waals surface area contributed by atoms with Crippen LogP contribution in [0.15, 0.2) is 29.2 Å². The molecule has 2 heterocycles. The Kier molecular flexibility index (Phi) is 7.38. The molecule has 0 bridgehead atoms. The molecule has 30 heavy (non-hydrogen) atoms. The van der Waals surface area contributed by atoms with Gasteiger partial charge in [0.2, 0.25) is 0 Å². The average molecular weight is 449 g/mol. The molecule has 7 nitrogen and oxygen atoms in total. The van der Waals surface area contributed by atoms with Gasteiger partial charge in [-0.2, -0.15) is 0 Å². The lowest BCUT2D eigenvalue weighted by Crippen LogP contribution is -2.36. The van der Waals surface area contributed by atoms with Gasteiger partial charge in [0, 0.05) is 21.9 Å². The second kappa shape index (κ2) is 9.99. The van der Waals surface area contributed by atoms with Crippen LogP contribution in [0, 0.1) is 0 Å². The van der Waals surface area contributed by atoms with Crippen LogP contribution in [0.3, 0.4) is 0 Å². The van der Waals surface area contributed by atoms with Crippen molar-refractivity contribution in [3.05, 3.63) is 45.8 Å². The minimum Gasteiger partial charge on any atom is -0.462 e. The van der Waals surface area contributed by atoms with Crippen LogP contribution in [0.5, 0.6) is 0 Å². The maximum Gasteiger partial charge on any atom is 0.410 e. The molecule has 1 aromatic heterocycles. The fourth-order valence-electron chi connectivity index (χ4n) is 3.22. The van der Waals surface area contributed by atoms with Crippen LogP contribution in [0.25, 0.3) is 0 Å². The number of benzene rings is 1. The number of thiophene rings is 1. The van der Waals surface area contributed by atoms with Crippen molar-refractivity contribution < 1.29 is 23.9 Å². The van der Waals surface area contributed by atoms with E-state index in [2.05, 4.69) is 5.32 Å². The first kappa shape index (κ1) is 22.2. The molecule has 160 valence electrons. The number of rotatable bonds is 6. The van der Waals surface area contributed by atoms with Crippen LogP contribution < -0.4 is 5.32 Å². The van der Waals surface area contributed by atoms with Gasteiger partial charge in [0.25, 0.3) is 5.91 Å². The predicted octanol–water partition coefficient (Wildman–Crippen LogP) is 4.41. The van der Waals surface area contributed by atoms with E-state index in [1.165, 1.54) is 11.3 Å². The third-order valence-electron chi connectivity index (χ3n) is 4.62. The van der Waals surface area contributed by atoms with Gasteiger partial charge in [-0.1, -0.05) is 6.07 Å². The summed E-state index contributed by atoms with van der Waals surface area (Å²) in [6, 6.07) is 7.29. The molecule has 2 amide bonds. The highest BCUT2D eigenvalue weighted by Crippen LogP contribution is 2.38. The summed E-state index contributed by atoms with van der Waals surface area (Å²) in [5.74, 6) is -0.759. The molecule has 1 N–H and O–H groups in total. The van der Waals surface area contributed by atoms with Crippen LogP contribution in [0.1, 0.15) is 45.0 Å². The Morgan fingerprint density at radius 2 is 1.97 bits per heavy atom. The molecule has 0 saturated heterocycles. The Morgan fingerprint density at radius 3 is 2.67 bits per heavy atom. The van der Waals surface area contributed by atoms with Gasteiger partial charge in [0.15, 0.2) is 0 Å². The van der Waals surface area contributed by atoms with Gasteiger partial charge in [0.1, 0.15) is 5.00 Å². The Morgan fingerprint density at radius 1 is 1.20 bits per heavy atom. The molecular formula is C21H24N2O5S2. The smallest absolute Gasteiger partial charge is 0.410 e. The van der Waals surface area contributed by atoms with E-state index in [9.17, 15) is 14.4 Å². The molecule has 0 spiro atoms. The number of fused-ring (bicyclic) bond motifs is 1. The molecule has 9 heteroatoms. The molecule has 0 saturated carbocycles. The van der Waals surface area contributed by atoms with Crippen molar-refractivity contribution in [3.63, 3.8) is 0 Å². The molecule has 0 atom stereocenters. The lowest BCUT2D eigenvalue weighted by atomic mass is 10.0. The summed E-state index contributed by atoms with van der Waals surface area (Å²) >= 11 is 2.85. The number of nitrogens with one attached hydrogen (secondary N) is 1. The van der Waals surface area contributed by atoms with Gasteiger partial charge in [-0.25, -0.2) is 9.59 Å². The van der Waals surface area contributed by atoms with E-state index in [4.69, 9.17) is 9.47 Å². The zero-order valence-corrected chi connectivity index (χ0v) is 18.8. The topological polar surface area (TPSA) is 84.9 Å². The lowest BCUT2D eigenvalue weighted by molar-refractivity contribution is 0.0526. The molecular weight excluding hydrogens is 424 g/mol. The van der Waals surface area contributed by atoms with E-state index in [-0.39, 0.29) is 18.6 Å². The number of hydrogen-bond donors (Lipinski definition) is 1. The molecule has 1 aliphatic heterocycles. The fourth-order valence-corrected chi connectivity index (χ4v) is 4.93. The molecule has 0 radical (unpaired) electrons. The van der Waals surface area contributed by atoms with E-state index < -0.39 is 5.97 Å². The fraction of sp³-hybridized carbons (Fsp3) is 0.381. The number of ether oxygens (including phenoxy) is 2. The van der Waals surface area contributed by atoms with Crippen molar-refractivity contribution >= 4 is 46.1 Å². The highest BCUT2D eigenvalue weighted by atomic mass is 32.2. The Bertz CT molecular complexity index is 957. The van der Waals surface area contributed by atoms with Gasteiger partial charge in [-0.15, -0.1) is 23.1 Å². The van der Waals surface area contributed by atoms with E-state index in [1.807, 2.05) is 18.4 Å². The van der Waals surface area contributed by atoms with Crippen molar-refractivity contribution in [1.29, 1.82) is 0 Å². The van der Waals surface area contributed by atoms with Crippen molar-refractivity contribution in [1.82, 2.24) is 4.90 Å². The van der Waals surface area contributed by atoms with Crippen molar-refractivity contribution in [3.8, 4) is 0 Å². The van der Waals surface area contributed by atoms with Gasteiger partial charge >= 0.3 is 12.1 Å². The molecule has 0 aliphatic carbocycles. The first-order valence-corrected chi connectivity index (χ1v) is 11.7. The monoisotopic (exact) mass is 448 g/mol. The summed E-state index contributed by atoms with van der Waals surface area (Å²) in [5, 5.41) is 3.33. The zero-order chi connectivity index (χ0) is 21.7. The third kappa shape index (κ3) is 4.79. The number of amides is 2. The second-order valence-electron chi connectivity index (χ2n) is 6.48. The van der Waals surface area contributed by atoms with E-state index in [0.717, 1.165) is 15.3 Å².